The van der Waals surface area contributed by atoms with Gasteiger partial charge >= 0.3 is 23.9 Å². The zero-order chi connectivity index (χ0) is 43.8. The molecular formula is C49H77NO10. The summed E-state index contributed by atoms with van der Waals surface area (Å²) in [6.07, 6.45) is 15.7. The van der Waals surface area contributed by atoms with Crippen LogP contribution in [0.4, 0.5) is 0 Å². The largest absolute Gasteiger partial charge is 0.459 e. The molecule has 0 radical (unpaired) electrons. The van der Waals surface area contributed by atoms with Crippen LogP contribution < -0.4 is 5.32 Å². The van der Waals surface area contributed by atoms with Crippen molar-refractivity contribution >= 4 is 29.8 Å². The highest BCUT2D eigenvalue weighted by atomic mass is 16.6. The molecule has 0 aromatic heterocycles. The van der Waals surface area contributed by atoms with Crippen molar-refractivity contribution in [3.05, 3.63) is 0 Å². The van der Waals surface area contributed by atoms with Gasteiger partial charge in [-0.15, -0.1) is 0 Å². The molecule has 11 rings (SSSR count). The van der Waals surface area contributed by atoms with Gasteiger partial charge in [0, 0.05) is 23.7 Å². The number of rotatable bonds is 11. The van der Waals surface area contributed by atoms with E-state index in [9.17, 15) is 29.1 Å². The second-order valence-electron chi connectivity index (χ2n) is 23.4. The van der Waals surface area contributed by atoms with E-state index in [0.717, 1.165) is 63.2 Å². The van der Waals surface area contributed by atoms with Gasteiger partial charge in [0.2, 0.25) is 5.91 Å². The van der Waals surface area contributed by atoms with E-state index in [2.05, 4.69) is 19.2 Å². The number of carbonyl (C=O) groups is 5. The molecule has 7 unspecified atom stereocenters. The van der Waals surface area contributed by atoms with Crippen molar-refractivity contribution in [2.45, 2.75) is 201 Å². The highest BCUT2D eigenvalue weighted by Gasteiger charge is 2.64. The summed E-state index contributed by atoms with van der Waals surface area (Å²) in [7, 11) is 0. The first-order valence-corrected chi connectivity index (χ1v) is 23.8. The summed E-state index contributed by atoms with van der Waals surface area (Å²) < 4.78 is 22.9. The first-order chi connectivity index (χ1) is 27.9. The Hall–Kier alpha value is -2.69. The Bertz CT molecular complexity index is 1640. The van der Waals surface area contributed by atoms with Gasteiger partial charge in [0.15, 0.2) is 0 Å². The van der Waals surface area contributed by atoms with Gasteiger partial charge < -0.3 is 29.4 Å². The first kappa shape index (κ1) is 45.3. The van der Waals surface area contributed by atoms with Crippen LogP contribution in [0.15, 0.2) is 0 Å². The monoisotopic (exact) mass is 840 g/mol. The third kappa shape index (κ3) is 8.65. The van der Waals surface area contributed by atoms with Crippen LogP contribution in [0.2, 0.25) is 0 Å². The predicted octanol–water partition coefficient (Wildman–Crippen LogP) is 8.26. The Morgan fingerprint density at radius 2 is 1.23 bits per heavy atom. The lowest BCUT2D eigenvalue weighted by Gasteiger charge is -2.59. The number of hydrogen-bond donors (Lipinski definition) is 2. The van der Waals surface area contributed by atoms with Gasteiger partial charge in [-0.3, -0.25) is 24.0 Å². The molecule has 2 N–H and O–H groups in total. The van der Waals surface area contributed by atoms with Crippen molar-refractivity contribution < 1.29 is 48.0 Å². The fourth-order valence-electron chi connectivity index (χ4n) is 13.3. The summed E-state index contributed by atoms with van der Waals surface area (Å²) in [4.78, 5) is 60.4. The second kappa shape index (κ2) is 16.1. The summed E-state index contributed by atoms with van der Waals surface area (Å²) >= 11 is 0. The lowest BCUT2D eigenvalue weighted by Crippen LogP contribution is -2.61. The van der Waals surface area contributed by atoms with Gasteiger partial charge in [0.05, 0.1) is 22.3 Å². The van der Waals surface area contributed by atoms with E-state index in [1.54, 1.807) is 0 Å². The molecule has 0 aromatic rings. The summed E-state index contributed by atoms with van der Waals surface area (Å²) in [5, 5.41) is 13.3. The third-order valence-corrected chi connectivity index (χ3v) is 17.8. The van der Waals surface area contributed by atoms with Crippen LogP contribution in [-0.4, -0.2) is 70.4 Å². The molecule has 11 aliphatic rings. The molecule has 0 spiro atoms. The van der Waals surface area contributed by atoms with Gasteiger partial charge in [0.25, 0.3) is 0 Å². The van der Waals surface area contributed by atoms with Gasteiger partial charge in [-0.25, -0.2) is 0 Å². The van der Waals surface area contributed by atoms with E-state index in [1.807, 2.05) is 55.4 Å². The molecule has 10 bridgehead atoms. The number of nitrogens with one attached hydrogen (secondary N) is 1. The number of carbonyl (C=O) groups excluding carboxylic acids is 5. The Morgan fingerprint density at radius 3 is 1.75 bits per heavy atom. The molecule has 11 heteroatoms. The van der Waals surface area contributed by atoms with Crippen LogP contribution in [0.1, 0.15) is 172 Å². The van der Waals surface area contributed by atoms with Crippen molar-refractivity contribution in [1.82, 2.24) is 5.32 Å². The zero-order valence-corrected chi connectivity index (χ0v) is 38.5. The quantitative estimate of drug-likeness (QED) is 0.154. The van der Waals surface area contributed by atoms with Gasteiger partial charge in [-0.1, -0.05) is 34.6 Å². The summed E-state index contributed by atoms with van der Waals surface area (Å²) in [6.45, 7) is 19.7. The van der Waals surface area contributed by atoms with Crippen LogP contribution in [0, 0.1) is 69.5 Å². The maximum atomic E-state index is 12.5. The van der Waals surface area contributed by atoms with Crippen LogP contribution in [-0.2, 0) is 42.9 Å². The Kier molecular flexibility index (Phi) is 12.2. The van der Waals surface area contributed by atoms with E-state index in [4.69, 9.17) is 18.9 Å². The fraction of sp³-hybridized carbons (Fsp3) is 0.898. The molecule has 1 aliphatic heterocycles. The van der Waals surface area contributed by atoms with Gasteiger partial charge in [-0.2, -0.15) is 0 Å². The van der Waals surface area contributed by atoms with Crippen molar-refractivity contribution in [1.29, 1.82) is 0 Å². The van der Waals surface area contributed by atoms with E-state index >= 15 is 0 Å². The van der Waals surface area contributed by atoms with Crippen LogP contribution in [0.25, 0.3) is 0 Å². The van der Waals surface area contributed by atoms with Crippen molar-refractivity contribution in [2.75, 3.05) is 6.54 Å². The van der Waals surface area contributed by atoms with Gasteiger partial charge in [0.1, 0.15) is 30.0 Å². The van der Waals surface area contributed by atoms with E-state index in [-0.39, 0.29) is 76.9 Å². The summed E-state index contributed by atoms with van der Waals surface area (Å²) in [5.74, 6) is 3.83. The summed E-state index contributed by atoms with van der Waals surface area (Å²) in [6, 6.07) is 0. The molecule has 10 aliphatic carbocycles. The normalized spacial score (nSPS) is 41.1. The fourth-order valence-corrected chi connectivity index (χ4v) is 13.3. The van der Waals surface area contributed by atoms with Crippen molar-refractivity contribution in [3.63, 3.8) is 0 Å². The molecule has 60 heavy (non-hydrogen) atoms. The zero-order valence-electron chi connectivity index (χ0n) is 38.5. The van der Waals surface area contributed by atoms with E-state index < -0.39 is 22.4 Å². The van der Waals surface area contributed by atoms with Crippen LogP contribution >= 0.6 is 0 Å². The molecule has 1 amide bonds. The average molecular weight is 840 g/mol. The predicted molar refractivity (Wildman–Crippen MR) is 225 cm³/mol. The average Bonchev–Trinajstić information content (AvgIpc) is 3.81. The first-order valence-electron chi connectivity index (χ1n) is 23.8. The van der Waals surface area contributed by atoms with Gasteiger partial charge in [-0.05, 0) is 166 Å². The smallest absolute Gasteiger partial charge is 0.325 e. The molecule has 338 valence electrons. The number of ether oxygens (including phenoxy) is 4. The molecule has 10 saturated carbocycles. The molecule has 1 saturated heterocycles. The minimum absolute atomic E-state index is 0.00927. The Balaban J connectivity index is 0.000000137. The highest BCUT2D eigenvalue weighted by molar-refractivity contribution is 5.85. The molecule has 0 aromatic carbocycles. The maximum absolute atomic E-state index is 12.5. The third-order valence-electron chi connectivity index (χ3n) is 17.8. The highest BCUT2D eigenvalue weighted by Crippen LogP contribution is 2.61. The topological polar surface area (TPSA) is 155 Å². The van der Waals surface area contributed by atoms with Crippen LogP contribution in [0.3, 0.4) is 0 Å². The number of esters is 4. The second-order valence-corrected chi connectivity index (χ2v) is 23.4. The summed E-state index contributed by atoms with van der Waals surface area (Å²) in [5.41, 5.74) is -2.33. The number of amides is 1. The SMILES string of the molecule is CCC(C)(C)C(=O)NCC(=O)OC1C2CC3C(=O)OC1C3C2.CCC(C)(C)C(=O)OC1(C)C2CC3CC(C2)CC1C3.CCC(C)(C)C(=O)OC12CC3CC(CC(O)(C3)C1)C2. The molecule has 11 nitrogen and oxygen atoms in total. The van der Waals surface area contributed by atoms with Crippen LogP contribution in [0.5, 0.6) is 0 Å². The number of hydrogen-bond acceptors (Lipinski definition) is 10. The molecule has 7 atom stereocenters. The minimum atomic E-state index is -0.555. The lowest BCUT2D eigenvalue weighted by molar-refractivity contribution is -0.225. The van der Waals surface area contributed by atoms with Crippen molar-refractivity contribution in [2.24, 2.45) is 69.5 Å². The van der Waals surface area contributed by atoms with E-state index in [0.29, 0.717) is 36.5 Å². The maximum Gasteiger partial charge on any atom is 0.325 e. The minimum Gasteiger partial charge on any atom is -0.459 e. The number of fused-ring (bicyclic) bond motifs is 1. The van der Waals surface area contributed by atoms with Crippen molar-refractivity contribution in [3.8, 4) is 0 Å². The lowest BCUT2D eigenvalue weighted by atomic mass is 9.50. The molecular weight excluding hydrogens is 763 g/mol. The number of aliphatic hydroxyl groups is 1. The van der Waals surface area contributed by atoms with E-state index in [1.165, 1.54) is 38.5 Å². The standard InChI is InChI=1S/C17H28O2.C16H23NO5.C16H26O3/c1-5-16(2,3)15(18)19-17(4)13-7-11-6-12(9-13)10-14(17)8-11;1-4-16(2,3)15(20)17-7-11(18)21-12-8-5-9-10(6-8)14(19)22-13(9)12;1-4-14(2,3)13(17)19-16-8-11-5-12(9-16)7-15(18,6-11)10-16/h11-14H,5-10H2,1-4H3;8-10,12-13H,4-7H2,1-3H3,(H,17,20);11-12,18H,4-10H2,1-3H3. The Labute approximate surface area is 359 Å². The molecule has 1 heterocycles. The molecule has 11 fully saturated rings. The Morgan fingerprint density at radius 1 is 0.717 bits per heavy atom.